The highest BCUT2D eigenvalue weighted by molar-refractivity contribution is 7.92. The van der Waals surface area contributed by atoms with E-state index in [4.69, 9.17) is 9.47 Å². The van der Waals surface area contributed by atoms with E-state index in [2.05, 4.69) is 5.32 Å². The molecule has 2 amide bonds. The molecule has 3 rings (SSSR count). The topological polar surface area (TPSA) is 105 Å². The predicted octanol–water partition coefficient (Wildman–Crippen LogP) is 3.37. The molecule has 0 saturated heterocycles. The molecule has 0 radical (unpaired) electrons. The number of hydrogen-bond donors (Lipinski definition) is 1. The molecule has 0 saturated carbocycles. The number of aryl methyl sites for hydroxylation is 1. The summed E-state index contributed by atoms with van der Waals surface area (Å²) in [5.74, 6) is 0.00478. The Kier molecular flexibility index (Phi) is 9.35. The van der Waals surface area contributed by atoms with Crippen LogP contribution < -0.4 is 19.1 Å². The number of hydrogen-bond acceptors (Lipinski definition) is 6. The number of carbonyl (C=O) groups excluding carboxylic acids is 2. The van der Waals surface area contributed by atoms with Crippen molar-refractivity contribution in [3.05, 3.63) is 83.9 Å². The number of para-hydroxylation sites is 2. The highest BCUT2D eigenvalue weighted by Gasteiger charge is 2.33. The van der Waals surface area contributed by atoms with E-state index in [1.807, 2.05) is 6.92 Å². The first-order valence-electron chi connectivity index (χ1n) is 12.0. The lowest BCUT2D eigenvalue weighted by atomic mass is 10.1. The van der Waals surface area contributed by atoms with Crippen LogP contribution in [0.3, 0.4) is 0 Å². The van der Waals surface area contributed by atoms with Crippen molar-refractivity contribution in [2.75, 3.05) is 32.1 Å². The largest absolute Gasteiger partial charge is 0.497 e. The molecule has 0 spiro atoms. The quantitative estimate of drug-likeness (QED) is 0.401. The Morgan fingerprint density at radius 1 is 0.921 bits per heavy atom. The fraction of sp³-hybridized carbons (Fsp3) is 0.286. The van der Waals surface area contributed by atoms with Crippen molar-refractivity contribution in [3.63, 3.8) is 0 Å². The lowest BCUT2D eigenvalue weighted by Gasteiger charge is -2.32. The second kappa shape index (κ2) is 12.5. The minimum Gasteiger partial charge on any atom is -0.497 e. The molecule has 0 aliphatic carbocycles. The molecule has 0 aliphatic heterocycles. The number of benzene rings is 3. The first-order chi connectivity index (χ1) is 18.1. The molecule has 10 heteroatoms. The van der Waals surface area contributed by atoms with Crippen LogP contribution in [0.4, 0.5) is 5.69 Å². The Labute approximate surface area is 224 Å². The van der Waals surface area contributed by atoms with Gasteiger partial charge in [-0.3, -0.25) is 13.9 Å². The minimum absolute atomic E-state index is 0.0304. The highest BCUT2D eigenvalue weighted by Crippen LogP contribution is 2.32. The third-order valence-corrected chi connectivity index (χ3v) is 7.94. The zero-order chi connectivity index (χ0) is 27.9. The maximum absolute atomic E-state index is 13.9. The van der Waals surface area contributed by atoms with E-state index in [0.29, 0.717) is 5.75 Å². The van der Waals surface area contributed by atoms with Gasteiger partial charge >= 0.3 is 0 Å². The molecule has 0 unspecified atom stereocenters. The first kappa shape index (κ1) is 28.5. The average molecular weight is 540 g/mol. The first-order valence-corrected chi connectivity index (χ1v) is 13.4. The summed E-state index contributed by atoms with van der Waals surface area (Å²) >= 11 is 0. The second-order valence-electron chi connectivity index (χ2n) is 8.66. The Bertz CT molecular complexity index is 1360. The number of nitrogens with zero attached hydrogens (tertiary/aromatic N) is 2. The zero-order valence-corrected chi connectivity index (χ0v) is 23.0. The number of nitrogens with one attached hydrogen (secondary N) is 1. The summed E-state index contributed by atoms with van der Waals surface area (Å²) in [6, 6.07) is 19.2. The van der Waals surface area contributed by atoms with Crippen LogP contribution in [0.5, 0.6) is 11.5 Å². The molecular weight excluding hydrogens is 506 g/mol. The van der Waals surface area contributed by atoms with Crippen molar-refractivity contribution < 1.29 is 27.5 Å². The van der Waals surface area contributed by atoms with Crippen molar-refractivity contribution in [2.24, 2.45) is 0 Å². The van der Waals surface area contributed by atoms with E-state index in [1.54, 1.807) is 74.7 Å². The maximum atomic E-state index is 13.9. The molecule has 0 aromatic heterocycles. The number of methoxy groups -OCH3 is 2. The van der Waals surface area contributed by atoms with Crippen molar-refractivity contribution in [1.82, 2.24) is 10.2 Å². The standard InChI is InChI=1S/C28H33N3O6S/c1-20-10-16-24(17-11-20)38(34,35)31(25-8-6-7-9-26(25)37-5)19-27(32)30(21(2)28(33)29-3)18-22-12-14-23(36-4)15-13-22/h6-17,21H,18-19H2,1-5H3,(H,29,33)/t21-/m1/s1. The normalized spacial score (nSPS) is 11.8. The van der Waals surface area contributed by atoms with Gasteiger partial charge in [0.15, 0.2) is 0 Å². The van der Waals surface area contributed by atoms with Gasteiger partial charge in [0.05, 0.1) is 24.8 Å². The number of amides is 2. The van der Waals surface area contributed by atoms with Crippen LogP contribution in [0, 0.1) is 6.92 Å². The van der Waals surface area contributed by atoms with Crippen LogP contribution in [0.15, 0.2) is 77.7 Å². The third kappa shape index (κ3) is 6.44. The Hall–Kier alpha value is -4.05. The third-order valence-electron chi connectivity index (χ3n) is 6.17. The predicted molar refractivity (Wildman–Crippen MR) is 146 cm³/mol. The summed E-state index contributed by atoms with van der Waals surface area (Å²) in [4.78, 5) is 27.8. The molecule has 0 heterocycles. The molecule has 0 bridgehead atoms. The summed E-state index contributed by atoms with van der Waals surface area (Å²) in [5, 5.41) is 2.56. The number of carbonyl (C=O) groups is 2. The highest BCUT2D eigenvalue weighted by atomic mass is 32.2. The Morgan fingerprint density at radius 3 is 2.13 bits per heavy atom. The molecule has 3 aromatic rings. The Balaban J connectivity index is 2.05. The molecule has 3 aromatic carbocycles. The van der Waals surface area contributed by atoms with Gasteiger partial charge < -0.3 is 19.7 Å². The maximum Gasteiger partial charge on any atom is 0.264 e. The number of anilines is 1. The van der Waals surface area contributed by atoms with E-state index in [0.717, 1.165) is 15.4 Å². The number of ether oxygens (including phenoxy) is 2. The number of likely N-dealkylation sites (N-methyl/N-ethyl adjacent to an activating group) is 1. The van der Waals surface area contributed by atoms with Gasteiger partial charge in [0.2, 0.25) is 11.8 Å². The lowest BCUT2D eigenvalue weighted by molar-refractivity contribution is -0.139. The van der Waals surface area contributed by atoms with Crippen molar-refractivity contribution in [2.45, 2.75) is 31.3 Å². The van der Waals surface area contributed by atoms with Gasteiger partial charge in [-0.05, 0) is 55.8 Å². The van der Waals surface area contributed by atoms with E-state index in [-0.39, 0.29) is 28.8 Å². The molecule has 1 N–H and O–H groups in total. The van der Waals surface area contributed by atoms with E-state index >= 15 is 0 Å². The van der Waals surface area contributed by atoms with Crippen LogP contribution in [-0.2, 0) is 26.2 Å². The van der Waals surface area contributed by atoms with E-state index in [9.17, 15) is 18.0 Å². The van der Waals surface area contributed by atoms with Gasteiger partial charge in [-0.25, -0.2) is 8.42 Å². The van der Waals surface area contributed by atoms with Crippen LogP contribution >= 0.6 is 0 Å². The summed E-state index contributed by atoms with van der Waals surface area (Å²) in [6.45, 7) is 2.99. The van der Waals surface area contributed by atoms with Crippen molar-refractivity contribution in [3.8, 4) is 11.5 Å². The molecular formula is C28H33N3O6S. The van der Waals surface area contributed by atoms with Crippen molar-refractivity contribution in [1.29, 1.82) is 0 Å². The van der Waals surface area contributed by atoms with E-state index in [1.165, 1.54) is 31.2 Å². The summed E-state index contributed by atoms with van der Waals surface area (Å²) in [7, 11) is 0.294. The lowest BCUT2D eigenvalue weighted by Crippen LogP contribution is -2.50. The molecule has 0 aliphatic rings. The Morgan fingerprint density at radius 2 is 1.55 bits per heavy atom. The van der Waals surface area contributed by atoms with Crippen molar-refractivity contribution >= 4 is 27.5 Å². The molecule has 38 heavy (non-hydrogen) atoms. The smallest absolute Gasteiger partial charge is 0.264 e. The summed E-state index contributed by atoms with van der Waals surface area (Å²) in [6.07, 6.45) is 0. The number of sulfonamides is 1. The molecule has 0 fully saturated rings. The second-order valence-corrected chi connectivity index (χ2v) is 10.5. The van der Waals surface area contributed by atoms with E-state index < -0.39 is 28.5 Å². The van der Waals surface area contributed by atoms with Crippen LogP contribution in [0.25, 0.3) is 0 Å². The SMILES string of the molecule is CNC(=O)[C@@H](C)N(Cc1ccc(OC)cc1)C(=O)CN(c1ccccc1OC)S(=O)(=O)c1ccc(C)cc1. The molecule has 9 nitrogen and oxygen atoms in total. The minimum atomic E-state index is -4.18. The van der Waals surface area contributed by atoms with Gasteiger partial charge in [-0.2, -0.15) is 0 Å². The zero-order valence-electron chi connectivity index (χ0n) is 22.2. The fourth-order valence-electron chi connectivity index (χ4n) is 3.91. The fourth-order valence-corrected chi connectivity index (χ4v) is 5.33. The van der Waals surface area contributed by atoms with Crippen LogP contribution in [-0.4, -0.2) is 59.0 Å². The van der Waals surface area contributed by atoms with Gasteiger partial charge in [0, 0.05) is 13.6 Å². The summed E-state index contributed by atoms with van der Waals surface area (Å²) < 4.78 is 39.4. The van der Waals surface area contributed by atoms with Crippen LogP contribution in [0.1, 0.15) is 18.1 Å². The monoisotopic (exact) mass is 539 g/mol. The summed E-state index contributed by atoms with van der Waals surface area (Å²) in [5.41, 5.74) is 1.86. The number of rotatable bonds is 11. The van der Waals surface area contributed by atoms with Gasteiger partial charge in [-0.1, -0.05) is 42.0 Å². The van der Waals surface area contributed by atoms with Crippen LogP contribution in [0.2, 0.25) is 0 Å². The average Bonchev–Trinajstić information content (AvgIpc) is 2.94. The van der Waals surface area contributed by atoms with Gasteiger partial charge in [0.25, 0.3) is 10.0 Å². The molecule has 202 valence electrons. The molecule has 1 atom stereocenters. The van der Waals surface area contributed by atoms with Gasteiger partial charge in [0.1, 0.15) is 24.1 Å². The van der Waals surface area contributed by atoms with Gasteiger partial charge in [-0.15, -0.1) is 0 Å².